The van der Waals surface area contributed by atoms with Crippen molar-refractivity contribution in [3.63, 3.8) is 0 Å². The van der Waals surface area contributed by atoms with E-state index in [1.807, 2.05) is 0 Å². The maximum absolute atomic E-state index is 5.44. The number of aromatic nitrogens is 5. The summed E-state index contributed by atoms with van der Waals surface area (Å²) in [4.78, 5) is 16.3. The molecule has 13 rings (SSSR count). The molecule has 288 valence electrons. The van der Waals surface area contributed by atoms with Crippen LogP contribution in [0.15, 0.2) is 212 Å². The Hall–Kier alpha value is -8.41. The van der Waals surface area contributed by atoms with E-state index in [1.54, 1.807) is 0 Å². The maximum Gasteiger partial charge on any atom is 0.238 e. The average molecular weight is 790 g/mol. The molecule has 5 heteroatoms. The highest BCUT2D eigenvalue weighted by molar-refractivity contribution is 6.25. The van der Waals surface area contributed by atoms with Crippen LogP contribution in [0.25, 0.3) is 121 Å². The molecule has 0 atom stereocenters. The molecule has 13 aromatic rings. The Morgan fingerprint density at radius 3 is 1.37 bits per heavy atom. The smallest absolute Gasteiger partial charge is 0.238 e. The first-order valence-electron chi connectivity index (χ1n) is 21.0. The summed E-state index contributed by atoms with van der Waals surface area (Å²) in [6, 6.07) is 75.6. The van der Waals surface area contributed by atoms with Gasteiger partial charge in [-0.1, -0.05) is 164 Å². The molecule has 0 amide bonds. The molecule has 0 fully saturated rings. The Morgan fingerprint density at radius 2 is 0.710 bits per heavy atom. The van der Waals surface area contributed by atoms with Crippen molar-refractivity contribution in [2.75, 3.05) is 0 Å². The molecule has 10 aromatic carbocycles. The van der Waals surface area contributed by atoms with E-state index in [-0.39, 0.29) is 0 Å². The lowest BCUT2D eigenvalue weighted by atomic mass is 9.93. The van der Waals surface area contributed by atoms with Gasteiger partial charge in [-0.15, -0.1) is 0 Å². The van der Waals surface area contributed by atoms with Gasteiger partial charge in [-0.25, -0.2) is 4.98 Å². The fraction of sp³-hybridized carbons (Fsp3) is 0. The molecule has 3 aromatic heterocycles. The van der Waals surface area contributed by atoms with E-state index in [1.165, 1.54) is 48.8 Å². The molecule has 0 saturated heterocycles. The number of fused-ring (bicyclic) bond motifs is 12. The number of hydrogen-bond acceptors (Lipinski definition) is 3. The van der Waals surface area contributed by atoms with E-state index in [0.717, 1.165) is 55.0 Å². The molecule has 0 aliphatic carbocycles. The molecule has 3 heterocycles. The lowest BCUT2D eigenvalue weighted by Crippen LogP contribution is -2.07. The molecule has 0 spiro atoms. The minimum absolute atomic E-state index is 0.565. The first-order valence-corrected chi connectivity index (χ1v) is 21.0. The lowest BCUT2D eigenvalue weighted by molar-refractivity contribution is 0.952. The van der Waals surface area contributed by atoms with Gasteiger partial charge in [-0.3, -0.25) is 4.57 Å². The monoisotopic (exact) mass is 789 g/mol. The van der Waals surface area contributed by atoms with Crippen molar-refractivity contribution in [1.29, 1.82) is 0 Å². The van der Waals surface area contributed by atoms with Crippen LogP contribution in [0.2, 0.25) is 0 Å². The predicted octanol–water partition coefficient (Wildman–Crippen LogP) is 14.5. The summed E-state index contributed by atoms with van der Waals surface area (Å²) in [6.45, 7) is 0. The van der Waals surface area contributed by atoms with Crippen LogP contribution in [0.5, 0.6) is 0 Å². The van der Waals surface area contributed by atoms with Gasteiger partial charge < -0.3 is 4.57 Å². The van der Waals surface area contributed by atoms with Gasteiger partial charge >= 0.3 is 0 Å². The van der Waals surface area contributed by atoms with Gasteiger partial charge in [0.05, 0.1) is 27.8 Å². The Labute approximate surface area is 356 Å². The molecule has 0 unspecified atom stereocenters. The van der Waals surface area contributed by atoms with E-state index >= 15 is 0 Å². The molecule has 5 nitrogen and oxygen atoms in total. The molecule has 0 aliphatic rings. The molecule has 0 aliphatic heterocycles. The Bertz CT molecular complexity index is 3850. The zero-order valence-corrected chi connectivity index (χ0v) is 33.4. The highest BCUT2D eigenvalue weighted by Crippen LogP contribution is 2.40. The van der Waals surface area contributed by atoms with Crippen LogP contribution < -0.4 is 0 Å². The van der Waals surface area contributed by atoms with E-state index < -0.39 is 0 Å². The lowest BCUT2D eigenvalue weighted by Gasteiger charge is -2.16. The Kier molecular flexibility index (Phi) is 7.54. The molecule has 0 bridgehead atoms. The van der Waals surface area contributed by atoms with Gasteiger partial charge in [-0.05, 0) is 92.0 Å². The van der Waals surface area contributed by atoms with Crippen LogP contribution >= 0.6 is 0 Å². The topological polar surface area (TPSA) is 48.5 Å². The summed E-state index contributed by atoms with van der Waals surface area (Å²) < 4.78 is 4.56. The van der Waals surface area contributed by atoms with Gasteiger partial charge in [0.25, 0.3) is 0 Å². The van der Waals surface area contributed by atoms with Gasteiger partial charge in [0.1, 0.15) is 0 Å². The van der Waals surface area contributed by atoms with E-state index in [4.69, 9.17) is 15.0 Å². The third kappa shape index (κ3) is 5.18. The van der Waals surface area contributed by atoms with Gasteiger partial charge in [-0.2, -0.15) is 9.97 Å². The molecule has 0 saturated carbocycles. The Balaban J connectivity index is 1.09. The third-order valence-corrected chi connectivity index (χ3v) is 12.6. The SMILES string of the molecule is c1ccc(-c2ccc3c(c2)c2ccccc2n3-c2ccccc2-c2nc(-c3ccc4c5ccccc5c5ccccc5c4c3)nc(-n3c4ccccc4c4ccccc43)n2)cc1. The zero-order chi connectivity index (χ0) is 40.7. The minimum atomic E-state index is 0.565. The molecular weight excluding hydrogens is 755 g/mol. The van der Waals surface area contributed by atoms with Crippen LogP contribution in [0.4, 0.5) is 0 Å². The second-order valence-electron chi connectivity index (χ2n) is 16.0. The quantitative estimate of drug-likeness (QED) is 0.163. The first-order chi connectivity index (χ1) is 30.8. The summed E-state index contributed by atoms with van der Waals surface area (Å²) in [5, 5.41) is 11.9. The van der Waals surface area contributed by atoms with Gasteiger partial charge in [0.15, 0.2) is 11.6 Å². The zero-order valence-electron chi connectivity index (χ0n) is 33.4. The van der Waals surface area contributed by atoms with E-state index in [0.29, 0.717) is 17.6 Å². The van der Waals surface area contributed by atoms with Crippen LogP contribution in [0.1, 0.15) is 0 Å². The summed E-state index contributed by atoms with van der Waals surface area (Å²) >= 11 is 0. The third-order valence-electron chi connectivity index (χ3n) is 12.6. The summed E-state index contributed by atoms with van der Waals surface area (Å²) in [6.07, 6.45) is 0. The minimum Gasteiger partial charge on any atom is -0.309 e. The van der Waals surface area contributed by atoms with Crippen LogP contribution in [-0.2, 0) is 0 Å². The number of rotatable bonds is 5. The second kappa shape index (κ2) is 13.6. The van der Waals surface area contributed by atoms with E-state index in [2.05, 4.69) is 221 Å². The number of nitrogens with zero attached hydrogens (tertiary/aromatic N) is 5. The van der Waals surface area contributed by atoms with Crippen LogP contribution in [0, 0.1) is 0 Å². The molecule has 62 heavy (non-hydrogen) atoms. The van der Waals surface area contributed by atoms with E-state index in [9.17, 15) is 0 Å². The second-order valence-corrected chi connectivity index (χ2v) is 16.0. The van der Waals surface area contributed by atoms with Crippen LogP contribution in [-0.4, -0.2) is 24.1 Å². The molecule has 0 radical (unpaired) electrons. The standard InChI is InChI=1S/C57H35N5/c1-2-16-36(17-3-1)37-31-33-54-49(34-37)46-24-10-12-26-50(46)61(54)53-29-15-11-25-47(53)56-58-55(59-57(60-56)62-51-27-13-8-22-44(51)45-23-9-14-28-52(45)62)38-30-32-43-41-20-5-4-18-39(41)40-19-6-7-21-42(40)48(43)35-38/h1-35H. The van der Waals surface area contributed by atoms with Gasteiger partial charge in [0.2, 0.25) is 5.95 Å². The molecule has 0 N–H and O–H groups in total. The van der Waals surface area contributed by atoms with Crippen molar-refractivity contribution in [3.05, 3.63) is 212 Å². The normalized spacial score (nSPS) is 11.9. The number of hydrogen-bond donors (Lipinski definition) is 0. The van der Waals surface area contributed by atoms with Gasteiger partial charge in [0, 0.05) is 32.7 Å². The molecular formula is C57H35N5. The Morgan fingerprint density at radius 1 is 0.258 bits per heavy atom. The fourth-order valence-electron chi connectivity index (χ4n) is 9.80. The summed E-state index contributed by atoms with van der Waals surface area (Å²) in [7, 11) is 0. The van der Waals surface area contributed by atoms with Crippen molar-refractivity contribution < 1.29 is 0 Å². The summed E-state index contributed by atoms with van der Waals surface area (Å²) in [5.74, 6) is 1.77. The van der Waals surface area contributed by atoms with Crippen molar-refractivity contribution in [1.82, 2.24) is 24.1 Å². The van der Waals surface area contributed by atoms with Crippen molar-refractivity contribution >= 4 is 75.9 Å². The predicted molar refractivity (Wildman–Crippen MR) is 257 cm³/mol. The van der Waals surface area contributed by atoms with Crippen LogP contribution in [0.3, 0.4) is 0 Å². The van der Waals surface area contributed by atoms with Crippen molar-refractivity contribution in [3.8, 4) is 45.5 Å². The van der Waals surface area contributed by atoms with Crippen molar-refractivity contribution in [2.24, 2.45) is 0 Å². The maximum atomic E-state index is 5.44. The highest BCUT2D eigenvalue weighted by atomic mass is 15.2. The summed E-state index contributed by atoms with van der Waals surface area (Å²) in [5.41, 5.74) is 9.51. The first kappa shape index (κ1) is 34.5. The number of para-hydroxylation sites is 4. The number of benzene rings is 10. The van der Waals surface area contributed by atoms with Crippen molar-refractivity contribution in [2.45, 2.75) is 0 Å². The largest absolute Gasteiger partial charge is 0.309 e. The highest BCUT2D eigenvalue weighted by Gasteiger charge is 2.22. The average Bonchev–Trinajstić information content (AvgIpc) is 3.87. The fourth-order valence-corrected chi connectivity index (χ4v) is 9.80.